The maximum absolute atomic E-state index is 5.19. The molecular weight excluding hydrogens is 447 g/mol. The molecule has 1 N–H and O–H groups in total. The lowest BCUT2D eigenvalue weighted by Gasteiger charge is -2.21. The van der Waals surface area contributed by atoms with E-state index in [1.165, 1.54) is 11.1 Å². The fourth-order valence-electron chi connectivity index (χ4n) is 2.42. The van der Waals surface area contributed by atoms with E-state index in [9.17, 15) is 0 Å². The third-order valence-corrected chi connectivity index (χ3v) is 4.30. The van der Waals surface area contributed by atoms with Crippen molar-refractivity contribution in [2.45, 2.75) is 33.5 Å². The fraction of sp³-hybridized carbons (Fsp3) is 0.444. The molecule has 0 fully saturated rings. The number of rotatable bonds is 7. The summed E-state index contributed by atoms with van der Waals surface area (Å²) in [6, 6.07) is 8.35. The second-order valence-electron chi connectivity index (χ2n) is 5.64. The molecule has 0 amide bonds. The Morgan fingerprint density at radius 2 is 2.12 bits per heavy atom. The molecule has 2 aromatic rings. The lowest BCUT2D eigenvalue weighted by molar-refractivity contribution is 0.185. The number of ether oxygens (including phenoxy) is 1. The van der Waals surface area contributed by atoms with Crippen molar-refractivity contribution in [1.29, 1.82) is 0 Å². The number of guanidine groups is 1. The highest BCUT2D eigenvalue weighted by molar-refractivity contribution is 14.0. The molecule has 0 aliphatic heterocycles. The molecule has 1 aromatic carbocycles. The number of aliphatic imine (C=N–C) groups is 1. The SMILES string of the molecule is CCNC(=NCc1cccc(COC)c1)N(C)Cc1csc(C)n1.I. The number of nitrogens with one attached hydrogen (secondary N) is 1. The van der Waals surface area contributed by atoms with Gasteiger partial charge in [-0.25, -0.2) is 9.98 Å². The summed E-state index contributed by atoms with van der Waals surface area (Å²) in [6.07, 6.45) is 0. The Morgan fingerprint density at radius 3 is 2.76 bits per heavy atom. The first kappa shape index (κ1) is 21.9. The van der Waals surface area contributed by atoms with Crippen molar-refractivity contribution in [3.8, 4) is 0 Å². The first-order valence-electron chi connectivity index (χ1n) is 8.09. The van der Waals surface area contributed by atoms with Gasteiger partial charge in [0, 0.05) is 26.1 Å². The van der Waals surface area contributed by atoms with Gasteiger partial charge in [0.2, 0.25) is 0 Å². The normalized spacial score (nSPS) is 11.1. The predicted molar refractivity (Wildman–Crippen MR) is 116 cm³/mol. The van der Waals surface area contributed by atoms with Crippen LogP contribution in [0.5, 0.6) is 0 Å². The van der Waals surface area contributed by atoms with Crippen LogP contribution in [0.2, 0.25) is 0 Å². The van der Waals surface area contributed by atoms with Gasteiger partial charge in [0.05, 0.1) is 30.4 Å². The monoisotopic (exact) mass is 474 g/mol. The second kappa shape index (κ2) is 11.4. The molecule has 0 bridgehead atoms. The summed E-state index contributed by atoms with van der Waals surface area (Å²) in [5.41, 5.74) is 3.42. The van der Waals surface area contributed by atoms with E-state index in [1.807, 2.05) is 20.0 Å². The fourth-order valence-corrected chi connectivity index (χ4v) is 3.02. The van der Waals surface area contributed by atoms with Gasteiger partial charge < -0.3 is 15.0 Å². The molecule has 25 heavy (non-hydrogen) atoms. The minimum atomic E-state index is 0. The van der Waals surface area contributed by atoms with Crippen LogP contribution < -0.4 is 5.32 Å². The van der Waals surface area contributed by atoms with E-state index < -0.39 is 0 Å². The van der Waals surface area contributed by atoms with Crippen LogP contribution in [-0.4, -0.2) is 36.5 Å². The molecule has 1 heterocycles. The predicted octanol–water partition coefficient (Wildman–Crippen LogP) is 3.81. The van der Waals surface area contributed by atoms with Crippen molar-refractivity contribution in [1.82, 2.24) is 15.2 Å². The van der Waals surface area contributed by atoms with E-state index in [2.05, 4.69) is 45.7 Å². The zero-order chi connectivity index (χ0) is 17.4. The Labute approximate surface area is 171 Å². The highest BCUT2D eigenvalue weighted by Gasteiger charge is 2.08. The molecule has 138 valence electrons. The van der Waals surface area contributed by atoms with Crippen molar-refractivity contribution < 1.29 is 4.74 Å². The Bertz CT molecular complexity index is 675. The molecule has 0 saturated carbocycles. The van der Waals surface area contributed by atoms with Crippen LogP contribution in [0.25, 0.3) is 0 Å². The Kier molecular flexibility index (Phi) is 9.99. The van der Waals surface area contributed by atoms with Crippen LogP contribution in [0.15, 0.2) is 34.6 Å². The number of aryl methyl sites for hydroxylation is 1. The van der Waals surface area contributed by atoms with Crippen molar-refractivity contribution >= 4 is 41.3 Å². The van der Waals surface area contributed by atoms with Crippen molar-refractivity contribution in [2.75, 3.05) is 20.7 Å². The van der Waals surface area contributed by atoms with Gasteiger partial charge in [-0.3, -0.25) is 0 Å². The van der Waals surface area contributed by atoms with Gasteiger partial charge in [0.15, 0.2) is 5.96 Å². The third kappa shape index (κ3) is 7.29. The van der Waals surface area contributed by atoms with Gasteiger partial charge in [-0.2, -0.15) is 0 Å². The summed E-state index contributed by atoms with van der Waals surface area (Å²) in [5.74, 6) is 0.889. The van der Waals surface area contributed by atoms with Crippen LogP contribution in [0, 0.1) is 6.92 Å². The number of halogens is 1. The smallest absolute Gasteiger partial charge is 0.194 e. The summed E-state index contributed by atoms with van der Waals surface area (Å²) in [7, 11) is 3.75. The molecule has 0 spiro atoms. The maximum Gasteiger partial charge on any atom is 0.194 e. The molecule has 0 aliphatic rings. The molecule has 0 atom stereocenters. The van der Waals surface area contributed by atoms with Gasteiger partial charge in [0.25, 0.3) is 0 Å². The summed E-state index contributed by atoms with van der Waals surface area (Å²) >= 11 is 1.68. The first-order valence-corrected chi connectivity index (χ1v) is 8.97. The average Bonchev–Trinajstić information content (AvgIpc) is 2.97. The summed E-state index contributed by atoms with van der Waals surface area (Å²) in [5, 5.41) is 6.54. The van der Waals surface area contributed by atoms with E-state index in [0.717, 1.165) is 29.8 Å². The summed E-state index contributed by atoms with van der Waals surface area (Å²) in [6.45, 7) is 6.96. The van der Waals surface area contributed by atoms with Gasteiger partial charge >= 0.3 is 0 Å². The summed E-state index contributed by atoms with van der Waals surface area (Å²) < 4.78 is 5.19. The Balaban J connectivity index is 0.00000312. The largest absolute Gasteiger partial charge is 0.380 e. The zero-order valence-corrected chi connectivity index (χ0v) is 18.4. The number of nitrogens with zero attached hydrogens (tertiary/aromatic N) is 3. The van der Waals surface area contributed by atoms with Crippen LogP contribution >= 0.6 is 35.3 Å². The molecule has 0 aliphatic carbocycles. The standard InChI is InChI=1S/C18H26N4OS.HI/c1-5-19-18(22(3)11-17-13-24-14(2)21-17)20-10-15-7-6-8-16(9-15)12-23-4;/h6-9,13H,5,10-12H2,1-4H3,(H,19,20);1H. The molecule has 0 radical (unpaired) electrons. The van der Waals surface area contributed by atoms with E-state index in [4.69, 9.17) is 9.73 Å². The topological polar surface area (TPSA) is 49.8 Å². The minimum absolute atomic E-state index is 0. The lowest BCUT2D eigenvalue weighted by atomic mass is 10.1. The third-order valence-electron chi connectivity index (χ3n) is 3.48. The van der Waals surface area contributed by atoms with E-state index >= 15 is 0 Å². The molecule has 1 aromatic heterocycles. The molecule has 0 saturated heterocycles. The van der Waals surface area contributed by atoms with Crippen molar-refractivity contribution in [3.05, 3.63) is 51.5 Å². The highest BCUT2D eigenvalue weighted by Crippen LogP contribution is 2.11. The van der Waals surface area contributed by atoms with Crippen LogP contribution in [0.3, 0.4) is 0 Å². The van der Waals surface area contributed by atoms with Gasteiger partial charge in [-0.05, 0) is 25.0 Å². The van der Waals surface area contributed by atoms with E-state index in [1.54, 1.807) is 18.4 Å². The lowest BCUT2D eigenvalue weighted by Crippen LogP contribution is -2.38. The van der Waals surface area contributed by atoms with Crippen LogP contribution in [0.4, 0.5) is 0 Å². The number of aromatic nitrogens is 1. The van der Waals surface area contributed by atoms with Crippen LogP contribution in [0.1, 0.15) is 28.8 Å². The van der Waals surface area contributed by atoms with Gasteiger partial charge in [-0.15, -0.1) is 35.3 Å². The number of hydrogen-bond acceptors (Lipinski definition) is 4. The molecule has 2 rings (SSSR count). The number of hydrogen-bond donors (Lipinski definition) is 1. The van der Waals surface area contributed by atoms with E-state index in [0.29, 0.717) is 13.2 Å². The highest BCUT2D eigenvalue weighted by atomic mass is 127. The van der Waals surface area contributed by atoms with Crippen molar-refractivity contribution in [3.63, 3.8) is 0 Å². The minimum Gasteiger partial charge on any atom is -0.380 e. The quantitative estimate of drug-likeness (QED) is 0.377. The molecular formula is C18H27IN4OS. The zero-order valence-electron chi connectivity index (χ0n) is 15.3. The number of methoxy groups -OCH3 is 1. The van der Waals surface area contributed by atoms with Gasteiger partial charge in [-0.1, -0.05) is 24.3 Å². The Hall–Kier alpha value is -1.19. The maximum atomic E-state index is 5.19. The number of benzene rings is 1. The first-order chi connectivity index (χ1) is 11.6. The average molecular weight is 474 g/mol. The second-order valence-corrected chi connectivity index (χ2v) is 6.70. The molecule has 7 heteroatoms. The van der Waals surface area contributed by atoms with Gasteiger partial charge in [0.1, 0.15) is 0 Å². The van der Waals surface area contributed by atoms with E-state index in [-0.39, 0.29) is 24.0 Å². The van der Waals surface area contributed by atoms with Crippen molar-refractivity contribution in [2.24, 2.45) is 4.99 Å². The Morgan fingerprint density at radius 1 is 1.36 bits per heavy atom. The number of thiazole rings is 1. The van der Waals surface area contributed by atoms with Crippen LogP contribution in [-0.2, 0) is 24.4 Å². The summed E-state index contributed by atoms with van der Waals surface area (Å²) in [4.78, 5) is 11.4. The molecule has 5 nitrogen and oxygen atoms in total. The molecule has 0 unspecified atom stereocenters.